The van der Waals surface area contributed by atoms with E-state index in [4.69, 9.17) is 24.9 Å². The molecule has 5 nitrogen and oxygen atoms in total. The van der Waals surface area contributed by atoms with Gasteiger partial charge in [-0.2, -0.15) is 0 Å². The van der Waals surface area contributed by atoms with Crippen LogP contribution < -0.4 is 9.47 Å². The predicted molar refractivity (Wildman–Crippen MR) is 66.2 cm³/mol. The second-order valence-corrected chi connectivity index (χ2v) is 6.35. The van der Waals surface area contributed by atoms with E-state index in [-0.39, 0.29) is 17.4 Å². The van der Waals surface area contributed by atoms with Gasteiger partial charge in [0, 0.05) is 23.9 Å². The van der Waals surface area contributed by atoms with Crippen molar-refractivity contribution < 1.29 is 22.6 Å². The minimum atomic E-state index is -3.82. The van der Waals surface area contributed by atoms with Gasteiger partial charge in [-0.25, -0.2) is 8.42 Å². The van der Waals surface area contributed by atoms with Crippen LogP contribution in [0.4, 0.5) is 0 Å². The van der Waals surface area contributed by atoms with Crippen LogP contribution in [0.1, 0.15) is 0 Å². The largest absolute Gasteiger partial charge is 0.493 e. The Balaban J connectivity index is 3.26. The predicted octanol–water partition coefficient (Wildman–Crippen LogP) is 2.37. The Hall–Kier alpha value is -0.500. The van der Waals surface area contributed by atoms with E-state index in [1.807, 2.05) is 0 Å². The summed E-state index contributed by atoms with van der Waals surface area (Å²) < 4.78 is 37.8. The first-order valence-electron chi connectivity index (χ1n) is 4.34. The molecule has 1 aromatic carbocycles. The molecule has 0 aliphatic rings. The zero-order valence-corrected chi connectivity index (χ0v) is 12.2. The average molecular weight is 346 g/mol. The van der Waals surface area contributed by atoms with Crippen molar-refractivity contribution >= 4 is 35.7 Å². The monoisotopic (exact) mass is 344 g/mol. The lowest BCUT2D eigenvalue weighted by Gasteiger charge is -2.12. The van der Waals surface area contributed by atoms with Crippen molar-refractivity contribution in [3.63, 3.8) is 0 Å². The summed E-state index contributed by atoms with van der Waals surface area (Å²) in [4.78, 5) is -0.0762. The Morgan fingerprint density at radius 3 is 2.47 bits per heavy atom. The number of halogens is 2. The maximum Gasteiger partial charge on any atom is 0.261 e. The molecule has 8 heteroatoms. The summed E-state index contributed by atoms with van der Waals surface area (Å²) in [5, 5.41) is 0. The van der Waals surface area contributed by atoms with Crippen LogP contribution in [0.25, 0.3) is 0 Å². The molecule has 1 aromatic rings. The highest BCUT2D eigenvalue weighted by molar-refractivity contribution is 9.10. The molecule has 0 aliphatic carbocycles. The fourth-order valence-corrected chi connectivity index (χ4v) is 2.58. The minimum Gasteiger partial charge on any atom is -0.493 e. The van der Waals surface area contributed by atoms with Crippen LogP contribution in [0.5, 0.6) is 11.5 Å². The van der Waals surface area contributed by atoms with Gasteiger partial charge in [-0.1, -0.05) is 0 Å². The van der Waals surface area contributed by atoms with E-state index in [2.05, 4.69) is 15.9 Å². The summed E-state index contributed by atoms with van der Waals surface area (Å²) in [6.45, 7) is 0.0158. The van der Waals surface area contributed by atoms with E-state index >= 15 is 0 Å². The summed E-state index contributed by atoms with van der Waals surface area (Å²) in [6.07, 6.45) is 0. The molecule has 0 fully saturated rings. The molecule has 0 unspecified atom stereocenters. The second-order valence-electron chi connectivity index (χ2n) is 2.93. The van der Waals surface area contributed by atoms with E-state index in [1.165, 1.54) is 26.4 Å². The first-order chi connectivity index (χ1) is 7.90. The van der Waals surface area contributed by atoms with Crippen LogP contribution in [0, 0.1) is 0 Å². The van der Waals surface area contributed by atoms with E-state index in [1.54, 1.807) is 0 Å². The summed E-state index contributed by atoms with van der Waals surface area (Å²) in [5.41, 5.74) is 0. The van der Waals surface area contributed by atoms with Crippen LogP contribution in [-0.2, 0) is 13.8 Å². The van der Waals surface area contributed by atoms with Gasteiger partial charge in [0.2, 0.25) is 0 Å². The lowest BCUT2D eigenvalue weighted by molar-refractivity contribution is 0.0485. The summed E-state index contributed by atoms with van der Waals surface area (Å²) in [5.74, 6) is 0.592. The average Bonchev–Trinajstić information content (AvgIpc) is 2.25. The third-order valence-corrected chi connectivity index (χ3v) is 3.73. The van der Waals surface area contributed by atoms with Crippen LogP contribution in [0.3, 0.4) is 0 Å². The summed E-state index contributed by atoms with van der Waals surface area (Å²) >= 11 is 3.18. The van der Waals surface area contributed by atoms with Gasteiger partial charge < -0.3 is 14.2 Å². The van der Waals surface area contributed by atoms with E-state index in [0.29, 0.717) is 10.2 Å². The highest BCUT2D eigenvalue weighted by Crippen LogP contribution is 2.38. The van der Waals surface area contributed by atoms with E-state index in [9.17, 15) is 8.42 Å². The van der Waals surface area contributed by atoms with Crippen LogP contribution in [0.15, 0.2) is 21.5 Å². The number of hydrogen-bond acceptors (Lipinski definition) is 5. The molecule has 0 N–H and O–H groups in total. The maximum absolute atomic E-state index is 11.2. The third-order valence-electron chi connectivity index (χ3n) is 1.81. The molecular weight excluding hydrogens is 336 g/mol. The topological polar surface area (TPSA) is 61.8 Å². The fraction of sp³-hybridized carbons (Fsp3) is 0.333. The molecule has 0 heterocycles. The van der Waals surface area contributed by atoms with Crippen LogP contribution in [-0.4, -0.2) is 29.4 Å². The first-order valence-corrected chi connectivity index (χ1v) is 7.44. The molecule has 0 saturated heterocycles. The Kier molecular flexibility index (Phi) is 5.05. The molecule has 0 aromatic heterocycles. The molecular formula is C9H10BrClO5S. The molecule has 0 radical (unpaired) electrons. The van der Waals surface area contributed by atoms with Gasteiger partial charge in [0.05, 0.1) is 16.5 Å². The second kappa shape index (κ2) is 5.90. The zero-order chi connectivity index (χ0) is 13.1. The molecule has 0 bridgehead atoms. The van der Waals surface area contributed by atoms with Crippen molar-refractivity contribution in [3.8, 4) is 11.5 Å². The molecule has 0 spiro atoms. The molecule has 96 valence electrons. The normalized spacial score (nSPS) is 11.3. The standard InChI is InChI=1S/C9H10BrClO5S/c1-14-5-16-9-7(10)3-6(17(11,12)13)4-8(9)15-2/h3-4H,5H2,1-2H3. The molecule has 0 atom stereocenters. The van der Waals surface area contributed by atoms with Crippen molar-refractivity contribution in [1.29, 1.82) is 0 Å². The number of rotatable bonds is 5. The van der Waals surface area contributed by atoms with Crippen LogP contribution in [0.2, 0.25) is 0 Å². The van der Waals surface area contributed by atoms with Crippen molar-refractivity contribution in [2.45, 2.75) is 4.90 Å². The van der Waals surface area contributed by atoms with Gasteiger partial charge >= 0.3 is 0 Å². The Labute approximate surface area is 112 Å². The molecule has 0 amide bonds. The van der Waals surface area contributed by atoms with Gasteiger partial charge in [0.1, 0.15) is 0 Å². The first kappa shape index (κ1) is 14.6. The number of methoxy groups -OCH3 is 2. The van der Waals surface area contributed by atoms with Crippen molar-refractivity contribution in [2.75, 3.05) is 21.0 Å². The SMILES string of the molecule is COCOc1c(Br)cc(S(=O)(=O)Cl)cc1OC. The Morgan fingerprint density at radius 2 is 2.00 bits per heavy atom. The minimum absolute atomic E-state index is 0.0158. The molecule has 1 rings (SSSR count). The summed E-state index contributed by atoms with van der Waals surface area (Å²) in [6, 6.07) is 2.61. The van der Waals surface area contributed by atoms with Crippen LogP contribution >= 0.6 is 26.6 Å². The van der Waals surface area contributed by atoms with Gasteiger partial charge in [0.15, 0.2) is 18.3 Å². The van der Waals surface area contributed by atoms with Crippen molar-refractivity contribution in [2.24, 2.45) is 0 Å². The lowest BCUT2D eigenvalue weighted by atomic mass is 10.3. The quantitative estimate of drug-likeness (QED) is 0.605. The third kappa shape index (κ3) is 3.74. The molecule has 17 heavy (non-hydrogen) atoms. The number of benzene rings is 1. The highest BCUT2D eigenvalue weighted by Gasteiger charge is 2.18. The van der Waals surface area contributed by atoms with Gasteiger partial charge in [-0.15, -0.1) is 0 Å². The summed E-state index contributed by atoms with van der Waals surface area (Å²) in [7, 11) is 4.29. The smallest absolute Gasteiger partial charge is 0.261 e. The van der Waals surface area contributed by atoms with Crippen molar-refractivity contribution in [3.05, 3.63) is 16.6 Å². The highest BCUT2D eigenvalue weighted by atomic mass is 79.9. The van der Waals surface area contributed by atoms with Crippen molar-refractivity contribution in [1.82, 2.24) is 0 Å². The molecule has 0 aliphatic heterocycles. The Morgan fingerprint density at radius 1 is 1.35 bits per heavy atom. The maximum atomic E-state index is 11.2. The zero-order valence-electron chi connectivity index (χ0n) is 9.07. The van der Waals surface area contributed by atoms with E-state index < -0.39 is 9.05 Å². The van der Waals surface area contributed by atoms with E-state index in [0.717, 1.165) is 0 Å². The number of ether oxygens (including phenoxy) is 3. The van der Waals surface area contributed by atoms with Gasteiger partial charge in [-0.3, -0.25) is 0 Å². The van der Waals surface area contributed by atoms with Gasteiger partial charge in [-0.05, 0) is 22.0 Å². The fourth-order valence-electron chi connectivity index (χ4n) is 1.09. The Bertz CT molecular complexity index is 502. The number of hydrogen-bond donors (Lipinski definition) is 0. The lowest BCUT2D eigenvalue weighted by Crippen LogP contribution is -2.02. The van der Waals surface area contributed by atoms with Gasteiger partial charge in [0.25, 0.3) is 9.05 Å². The molecule has 0 saturated carbocycles.